The molecule has 1 aliphatic carbocycles. The van der Waals surface area contributed by atoms with Crippen LogP contribution in [0.2, 0.25) is 0 Å². The van der Waals surface area contributed by atoms with Gasteiger partial charge in [0.05, 0.1) is 0 Å². The molecule has 20 heavy (non-hydrogen) atoms. The molecule has 0 radical (unpaired) electrons. The lowest BCUT2D eigenvalue weighted by atomic mass is 10.2. The van der Waals surface area contributed by atoms with Crippen LogP contribution in [0, 0.1) is 0 Å². The number of amides is 2. The molecule has 0 atom stereocenters. The van der Waals surface area contributed by atoms with E-state index >= 15 is 0 Å². The number of carbonyl (C=O) groups is 2. The van der Waals surface area contributed by atoms with E-state index in [0.29, 0.717) is 5.69 Å². The van der Waals surface area contributed by atoms with E-state index in [1.54, 1.807) is 6.07 Å². The molecule has 0 bridgehead atoms. The van der Waals surface area contributed by atoms with Crippen molar-refractivity contribution >= 4 is 23.2 Å². The predicted molar refractivity (Wildman–Crippen MR) is 79.8 cm³/mol. The molecule has 0 unspecified atom stereocenters. The summed E-state index contributed by atoms with van der Waals surface area (Å²) < 4.78 is 0. The second kappa shape index (κ2) is 6.41. The summed E-state index contributed by atoms with van der Waals surface area (Å²) in [5.74, 6) is -1.15. The van der Waals surface area contributed by atoms with Crippen molar-refractivity contribution in [1.82, 2.24) is 5.32 Å². The van der Waals surface area contributed by atoms with Crippen molar-refractivity contribution < 1.29 is 9.59 Å². The molecule has 1 saturated carbocycles. The smallest absolute Gasteiger partial charge is 0.313 e. The summed E-state index contributed by atoms with van der Waals surface area (Å²) in [5.41, 5.74) is 1.60. The van der Waals surface area contributed by atoms with Gasteiger partial charge in [-0.3, -0.25) is 9.59 Å². The van der Waals surface area contributed by atoms with Crippen LogP contribution in [0.4, 0.5) is 11.4 Å². The molecular formula is C15H21N3O2. The molecule has 2 N–H and O–H groups in total. The summed E-state index contributed by atoms with van der Waals surface area (Å²) in [7, 11) is 3.85. The van der Waals surface area contributed by atoms with Crippen molar-refractivity contribution in [2.45, 2.75) is 31.7 Å². The zero-order valence-corrected chi connectivity index (χ0v) is 12.0. The molecule has 1 aliphatic rings. The van der Waals surface area contributed by atoms with Gasteiger partial charge < -0.3 is 15.5 Å². The molecule has 108 valence electrons. The Morgan fingerprint density at radius 2 is 1.85 bits per heavy atom. The van der Waals surface area contributed by atoms with Crippen LogP contribution in [-0.4, -0.2) is 32.0 Å². The maximum absolute atomic E-state index is 11.8. The molecule has 0 saturated heterocycles. The molecule has 0 aromatic heterocycles. The number of rotatable bonds is 3. The molecule has 0 heterocycles. The third kappa shape index (κ3) is 3.73. The molecule has 0 spiro atoms. The lowest BCUT2D eigenvalue weighted by Crippen LogP contribution is -2.40. The molecule has 2 amide bonds. The lowest BCUT2D eigenvalue weighted by molar-refractivity contribution is -0.136. The van der Waals surface area contributed by atoms with E-state index in [0.717, 1.165) is 31.4 Å². The monoisotopic (exact) mass is 275 g/mol. The Morgan fingerprint density at radius 3 is 2.50 bits per heavy atom. The number of nitrogens with one attached hydrogen (secondary N) is 2. The van der Waals surface area contributed by atoms with Crippen molar-refractivity contribution in [3.8, 4) is 0 Å². The van der Waals surface area contributed by atoms with Crippen molar-refractivity contribution in [2.75, 3.05) is 24.3 Å². The van der Waals surface area contributed by atoms with E-state index in [9.17, 15) is 9.59 Å². The van der Waals surface area contributed by atoms with Crippen LogP contribution in [0.5, 0.6) is 0 Å². The van der Waals surface area contributed by atoms with Crippen LogP contribution in [0.15, 0.2) is 24.3 Å². The first-order valence-corrected chi connectivity index (χ1v) is 6.95. The van der Waals surface area contributed by atoms with Gasteiger partial charge in [0.2, 0.25) is 0 Å². The standard InChI is InChI=1S/C15H21N3O2/c1-18(2)13-9-5-8-12(10-13)17-15(20)14(19)16-11-6-3-4-7-11/h5,8-11H,3-4,6-7H2,1-2H3,(H,16,19)(H,17,20). The van der Waals surface area contributed by atoms with Crippen molar-refractivity contribution in [2.24, 2.45) is 0 Å². The van der Waals surface area contributed by atoms with Crippen molar-refractivity contribution in [3.63, 3.8) is 0 Å². The van der Waals surface area contributed by atoms with Gasteiger partial charge >= 0.3 is 11.8 Å². The molecule has 5 heteroatoms. The average Bonchev–Trinajstić information content (AvgIpc) is 2.91. The van der Waals surface area contributed by atoms with Gasteiger partial charge in [0.1, 0.15) is 0 Å². The Balaban J connectivity index is 1.93. The van der Waals surface area contributed by atoms with Crippen LogP contribution in [0.3, 0.4) is 0 Å². The number of hydrogen-bond donors (Lipinski definition) is 2. The fourth-order valence-electron chi connectivity index (χ4n) is 2.37. The van der Waals surface area contributed by atoms with Gasteiger partial charge in [0.15, 0.2) is 0 Å². The SMILES string of the molecule is CN(C)c1cccc(NC(=O)C(=O)NC2CCCC2)c1. The second-order valence-electron chi connectivity index (χ2n) is 5.35. The number of hydrogen-bond acceptors (Lipinski definition) is 3. The van der Waals surface area contributed by atoms with E-state index in [-0.39, 0.29) is 6.04 Å². The molecule has 0 aliphatic heterocycles. The van der Waals surface area contributed by atoms with Crippen molar-refractivity contribution in [1.29, 1.82) is 0 Å². The summed E-state index contributed by atoms with van der Waals surface area (Å²) in [4.78, 5) is 25.6. The highest BCUT2D eigenvalue weighted by Crippen LogP contribution is 2.18. The Hall–Kier alpha value is -2.04. The Kier molecular flexibility index (Phi) is 4.61. The maximum Gasteiger partial charge on any atom is 0.313 e. The van der Waals surface area contributed by atoms with Gasteiger partial charge in [-0.2, -0.15) is 0 Å². The van der Waals surface area contributed by atoms with Gasteiger partial charge in [0, 0.05) is 31.5 Å². The average molecular weight is 275 g/mol. The minimum atomic E-state index is -0.604. The first-order valence-electron chi connectivity index (χ1n) is 6.95. The number of anilines is 2. The number of benzene rings is 1. The Bertz CT molecular complexity index is 494. The minimum absolute atomic E-state index is 0.154. The van der Waals surface area contributed by atoms with Gasteiger partial charge in [-0.25, -0.2) is 0 Å². The van der Waals surface area contributed by atoms with Gasteiger partial charge in [-0.05, 0) is 31.0 Å². The number of carbonyl (C=O) groups excluding carboxylic acids is 2. The summed E-state index contributed by atoms with van der Waals surface area (Å²) in [6.45, 7) is 0. The third-order valence-electron chi connectivity index (χ3n) is 3.52. The molecule has 1 aromatic carbocycles. The second-order valence-corrected chi connectivity index (χ2v) is 5.35. The van der Waals surface area contributed by atoms with Crippen molar-refractivity contribution in [3.05, 3.63) is 24.3 Å². The lowest BCUT2D eigenvalue weighted by Gasteiger charge is -2.14. The highest BCUT2D eigenvalue weighted by molar-refractivity contribution is 6.39. The Morgan fingerprint density at radius 1 is 1.15 bits per heavy atom. The molecule has 1 aromatic rings. The molecular weight excluding hydrogens is 254 g/mol. The normalized spacial score (nSPS) is 14.9. The van der Waals surface area contributed by atoms with E-state index in [1.165, 1.54) is 0 Å². The first kappa shape index (κ1) is 14.4. The zero-order valence-electron chi connectivity index (χ0n) is 12.0. The Labute approximate surface area is 119 Å². The minimum Gasteiger partial charge on any atom is -0.378 e. The summed E-state index contributed by atoms with van der Waals surface area (Å²) in [6, 6.07) is 7.55. The largest absolute Gasteiger partial charge is 0.378 e. The fourth-order valence-corrected chi connectivity index (χ4v) is 2.37. The fraction of sp³-hybridized carbons (Fsp3) is 0.467. The number of nitrogens with zero attached hydrogens (tertiary/aromatic N) is 1. The summed E-state index contributed by atoms with van der Waals surface area (Å²) in [5, 5.41) is 5.41. The highest BCUT2D eigenvalue weighted by atomic mass is 16.2. The van der Waals surface area contributed by atoms with Crippen LogP contribution in [0.1, 0.15) is 25.7 Å². The van der Waals surface area contributed by atoms with E-state index in [2.05, 4.69) is 10.6 Å². The van der Waals surface area contributed by atoms with Crippen LogP contribution in [-0.2, 0) is 9.59 Å². The predicted octanol–water partition coefficient (Wildman–Crippen LogP) is 1.75. The van der Waals surface area contributed by atoms with Crippen LogP contribution >= 0.6 is 0 Å². The summed E-state index contributed by atoms with van der Waals surface area (Å²) in [6.07, 6.45) is 4.18. The van der Waals surface area contributed by atoms with Gasteiger partial charge in [-0.1, -0.05) is 18.9 Å². The topological polar surface area (TPSA) is 61.4 Å². The molecule has 1 fully saturated rings. The van der Waals surface area contributed by atoms with E-state index in [1.807, 2.05) is 37.2 Å². The quantitative estimate of drug-likeness (QED) is 0.826. The maximum atomic E-state index is 11.8. The van der Waals surface area contributed by atoms with Gasteiger partial charge in [-0.15, -0.1) is 0 Å². The van der Waals surface area contributed by atoms with Crippen LogP contribution < -0.4 is 15.5 Å². The summed E-state index contributed by atoms with van der Waals surface area (Å²) >= 11 is 0. The van der Waals surface area contributed by atoms with E-state index in [4.69, 9.17) is 0 Å². The first-order chi connectivity index (χ1) is 9.56. The van der Waals surface area contributed by atoms with Gasteiger partial charge in [0.25, 0.3) is 0 Å². The van der Waals surface area contributed by atoms with E-state index < -0.39 is 11.8 Å². The molecule has 2 rings (SSSR count). The molecule has 5 nitrogen and oxygen atoms in total. The zero-order chi connectivity index (χ0) is 14.5. The highest BCUT2D eigenvalue weighted by Gasteiger charge is 2.21. The third-order valence-corrected chi connectivity index (χ3v) is 3.52. The van der Waals surface area contributed by atoms with Crippen LogP contribution in [0.25, 0.3) is 0 Å².